The Hall–Kier alpha value is -2.54. The van der Waals surface area contributed by atoms with Gasteiger partial charge < -0.3 is 10.2 Å². The molecule has 0 radical (unpaired) electrons. The first-order valence-electron chi connectivity index (χ1n) is 9.86. The molecule has 148 valence electrons. The molecule has 4 rings (SSSR count). The van der Waals surface area contributed by atoms with Crippen molar-refractivity contribution in [3.8, 4) is 0 Å². The first kappa shape index (κ1) is 20.2. The normalized spacial score (nSPS) is 17.1. The fraction of sp³-hybridized carbons (Fsp3) is 0.429. The molecule has 2 atom stereocenters. The number of pyridine rings is 1. The van der Waals surface area contributed by atoms with Gasteiger partial charge in [-0.1, -0.05) is 19.9 Å². The number of fused-ring (bicyclic) bond motifs is 1. The summed E-state index contributed by atoms with van der Waals surface area (Å²) in [6.07, 6.45) is 5.67. The summed E-state index contributed by atoms with van der Waals surface area (Å²) < 4.78 is 0.855. The van der Waals surface area contributed by atoms with Gasteiger partial charge in [0.2, 0.25) is 5.95 Å². The van der Waals surface area contributed by atoms with Gasteiger partial charge in [-0.25, -0.2) is 9.97 Å². The largest absolute Gasteiger partial charge is 0.348 e. The van der Waals surface area contributed by atoms with Crippen LogP contribution >= 0.6 is 11.3 Å². The molecule has 1 amide bonds. The first-order valence-corrected chi connectivity index (χ1v) is 10.7. The predicted molar refractivity (Wildman–Crippen MR) is 115 cm³/mol. The van der Waals surface area contributed by atoms with E-state index in [-0.39, 0.29) is 18.0 Å². The molecule has 1 N–H and O–H groups in total. The highest BCUT2D eigenvalue weighted by Crippen LogP contribution is 2.28. The van der Waals surface area contributed by atoms with Crippen LogP contribution in [0.15, 0.2) is 36.0 Å². The minimum atomic E-state index is -0.00607. The highest BCUT2D eigenvalue weighted by molar-refractivity contribution is 7.17. The zero-order valence-electron chi connectivity index (χ0n) is 16.8. The van der Waals surface area contributed by atoms with Gasteiger partial charge in [-0.05, 0) is 49.8 Å². The number of nitrogens with one attached hydrogen (secondary N) is 1. The highest BCUT2D eigenvalue weighted by atomic mass is 32.1. The Labute approximate surface area is 170 Å². The average Bonchev–Trinajstić information content (AvgIpc) is 3.37. The zero-order valence-corrected chi connectivity index (χ0v) is 17.7. The number of carbonyl (C=O) groups is 1. The second-order valence-electron chi connectivity index (χ2n) is 6.67. The number of aromatic nitrogens is 3. The Bertz CT molecular complexity index is 927. The summed E-state index contributed by atoms with van der Waals surface area (Å²) in [4.78, 5) is 28.3. The molecule has 3 aromatic rings. The third kappa shape index (κ3) is 4.14. The molecule has 0 aliphatic carbocycles. The van der Waals surface area contributed by atoms with Gasteiger partial charge in [0, 0.05) is 25.0 Å². The Morgan fingerprint density at radius 1 is 1.32 bits per heavy atom. The molecule has 0 saturated carbocycles. The van der Waals surface area contributed by atoms with E-state index in [2.05, 4.69) is 27.2 Å². The molecule has 1 aliphatic heterocycles. The molecular formula is C21H27N5OS. The molecule has 7 heteroatoms. The van der Waals surface area contributed by atoms with Crippen LogP contribution in [0.4, 0.5) is 5.95 Å². The second kappa shape index (κ2) is 9.10. The lowest BCUT2D eigenvalue weighted by Gasteiger charge is -2.21. The molecule has 0 spiro atoms. The SMILES string of the molecule is CC.CC(Nc1nc(C(=O)N2CCC[C@H]2C)c2sccc2n1)c1cccnc1. The van der Waals surface area contributed by atoms with Gasteiger partial charge in [0.25, 0.3) is 5.91 Å². The number of thiophene rings is 1. The number of rotatable bonds is 4. The van der Waals surface area contributed by atoms with Gasteiger partial charge >= 0.3 is 0 Å². The monoisotopic (exact) mass is 397 g/mol. The Kier molecular flexibility index (Phi) is 6.57. The van der Waals surface area contributed by atoms with Crippen molar-refractivity contribution < 1.29 is 4.79 Å². The van der Waals surface area contributed by atoms with Crippen molar-refractivity contribution in [3.63, 3.8) is 0 Å². The molecule has 6 nitrogen and oxygen atoms in total. The van der Waals surface area contributed by atoms with E-state index in [1.807, 2.05) is 55.4 Å². The molecule has 3 aromatic heterocycles. The topological polar surface area (TPSA) is 71.0 Å². The number of carbonyl (C=O) groups excluding carboxylic acids is 1. The van der Waals surface area contributed by atoms with Gasteiger partial charge in [0.1, 0.15) is 0 Å². The number of nitrogens with zero attached hydrogens (tertiary/aromatic N) is 4. The Balaban J connectivity index is 0.00000109. The molecule has 1 aliphatic rings. The van der Waals surface area contributed by atoms with E-state index in [1.165, 1.54) is 11.3 Å². The van der Waals surface area contributed by atoms with Crippen LogP contribution in [0.1, 0.15) is 62.6 Å². The fourth-order valence-corrected chi connectivity index (χ4v) is 4.17. The van der Waals surface area contributed by atoms with Crippen molar-refractivity contribution in [1.29, 1.82) is 0 Å². The van der Waals surface area contributed by atoms with Crippen molar-refractivity contribution >= 4 is 33.4 Å². The van der Waals surface area contributed by atoms with E-state index in [0.29, 0.717) is 11.6 Å². The minimum Gasteiger partial charge on any atom is -0.348 e. The van der Waals surface area contributed by atoms with Crippen molar-refractivity contribution in [1.82, 2.24) is 19.9 Å². The standard InChI is InChI=1S/C19H21N5OS.C2H6/c1-12-5-4-9-24(12)18(25)16-17-15(7-10-26-17)22-19(23-16)21-13(2)14-6-3-8-20-11-14;1-2/h3,6-8,10-13H,4-5,9H2,1-2H3,(H,21,22,23);1-2H3/t12-,13?;/m1./s1. The molecule has 4 heterocycles. The number of hydrogen-bond acceptors (Lipinski definition) is 6. The fourth-order valence-electron chi connectivity index (χ4n) is 3.35. The Morgan fingerprint density at radius 2 is 2.14 bits per heavy atom. The lowest BCUT2D eigenvalue weighted by molar-refractivity contribution is 0.0744. The molecule has 1 saturated heterocycles. The summed E-state index contributed by atoms with van der Waals surface area (Å²) >= 11 is 1.52. The third-order valence-electron chi connectivity index (χ3n) is 4.85. The summed E-state index contributed by atoms with van der Waals surface area (Å²) in [6, 6.07) is 6.10. The predicted octanol–water partition coefficient (Wildman–Crippen LogP) is 4.91. The lowest BCUT2D eigenvalue weighted by Crippen LogP contribution is -2.34. The highest BCUT2D eigenvalue weighted by Gasteiger charge is 2.29. The maximum atomic E-state index is 13.1. The average molecular weight is 398 g/mol. The summed E-state index contributed by atoms with van der Waals surface area (Å²) in [7, 11) is 0. The van der Waals surface area contributed by atoms with Crippen LogP contribution in [-0.4, -0.2) is 38.3 Å². The number of likely N-dealkylation sites (tertiary alicyclic amines) is 1. The molecule has 1 unspecified atom stereocenters. The smallest absolute Gasteiger partial charge is 0.274 e. The Morgan fingerprint density at radius 3 is 2.82 bits per heavy atom. The van der Waals surface area contributed by atoms with Gasteiger partial charge in [0.05, 0.1) is 16.3 Å². The van der Waals surface area contributed by atoms with Crippen LogP contribution in [0.2, 0.25) is 0 Å². The quantitative estimate of drug-likeness (QED) is 0.677. The molecule has 1 fully saturated rings. The van der Waals surface area contributed by atoms with Gasteiger partial charge in [-0.2, -0.15) is 0 Å². The number of anilines is 1. The van der Waals surface area contributed by atoms with Crippen molar-refractivity contribution in [2.75, 3.05) is 11.9 Å². The van der Waals surface area contributed by atoms with Crippen LogP contribution in [0.3, 0.4) is 0 Å². The third-order valence-corrected chi connectivity index (χ3v) is 5.76. The second-order valence-corrected chi connectivity index (χ2v) is 7.59. The van der Waals surface area contributed by atoms with Crippen LogP contribution in [0.5, 0.6) is 0 Å². The maximum absolute atomic E-state index is 13.1. The summed E-state index contributed by atoms with van der Waals surface area (Å²) in [5, 5.41) is 5.27. The number of amides is 1. The van der Waals surface area contributed by atoms with Gasteiger partial charge in [-0.3, -0.25) is 9.78 Å². The zero-order chi connectivity index (χ0) is 20.1. The molecule has 28 heavy (non-hydrogen) atoms. The van der Waals surface area contributed by atoms with Crippen molar-refractivity contribution in [2.24, 2.45) is 0 Å². The van der Waals surface area contributed by atoms with Crippen LogP contribution in [-0.2, 0) is 0 Å². The minimum absolute atomic E-state index is 0.00179. The maximum Gasteiger partial charge on any atom is 0.274 e. The van der Waals surface area contributed by atoms with E-state index < -0.39 is 0 Å². The van der Waals surface area contributed by atoms with E-state index in [0.717, 1.165) is 35.2 Å². The van der Waals surface area contributed by atoms with Crippen molar-refractivity contribution in [3.05, 3.63) is 47.2 Å². The van der Waals surface area contributed by atoms with Crippen molar-refractivity contribution in [2.45, 2.75) is 52.6 Å². The van der Waals surface area contributed by atoms with E-state index in [9.17, 15) is 4.79 Å². The first-order chi connectivity index (χ1) is 13.6. The van der Waals surface area contributed by atoms with Crippen LogP contribution in [0, 0.1) is 0 Å². The molecule has 0 bridgehead atoms. The van der Waals surface area contributed by atoms with E-state index in [1.54, 1.807) is 6.20 Å². The summed E-state index contributed by atoms with van der Waals surface area (Å²) in [6.45, 7) is 8.93. The van der Waals surface area contributed by atoms with E-state index in [4.69, 9.17) is 0 Å². The molecule has 0 aromatic carbocycles. The van der Waals surface area contributed by atoms with E-state index >= 15 is 0 Å². The summed E-state index contributed by atoms with van der Waals surface area (Å²) in [5.74, 6) is 0.476. The van der Waals surface area contributed by atoms with Crippen LogP contribution in [0.25, 0.3) is 10.2 Å². The van der Waals surface area contributed by atoms with Crippen LogP contribution < -0.4 is 5.32 Å². The van der Waals surface area contributed by atoms with Gasteiger partial charge in [-0.15, -0.1) is 11.3 Å². The molecular weight excluding hydrogens is 370 g/mol. The number of hydrogen-bond donors (Lipinski definition) is 1. The van der Waals surface area contributed by atoms with Gasteiger partial charge in [0.15, 0.2) is 5.69 Å². The summed E-state index contributed by atoms with van der Waals surface area (Å²) in [5.41, 5.74) is 2.35. The lowest BCUT2D eigenvalue weighted by atomic mass is 10.1.